The maximum Gasteiger partial charge on any atom is 0.249 e. The van der Waals surface area contributed by atoms with E-state index >= 15 is 0 Å². The SMILES string of the molecule is Cc1ccccc1CC(C)(C)NC(=O)C(C)OCCC(C)C. The zero-order chi connectivity index (χ0) is 16.8. The van der Waals surface area contributed by atoms with Gasteiger partial charge in [0.1, 0.15) is 6.10 Å². The molecule has 0 fully saturated rings. The number of rotatable bonds is 8. The van der Waals surface area contributed by atoms with Gasteiger partial charge >= 0.3 is 0 Å². The van der Waals surface area contributed by atoms with Gasteiger partial charge in [-0.3, -0.25) is 4.79 Å². The normalized spacial score (nSPS) is 13.2. The molecule has 0 heterocycles. The molecular weight excluding hydrogens is 274 g/mol. The van der Waals surface area contributed by atoms with Gasteiger partial charge in [-0.1, -0.05) is 38.1 Å². The molecule has 1 unspecified atom stereocenters. The minimum absolute atomic E-state index is 0.0395. The first kappa shape index (κ1) is 18.7. The summed E-state index contributed by atoms with van der Waals surface area (Å²) in [4.78, 5) is 12.3. The Morgan fingerprint density at radius 1 is 1.23 bits per heavy atom. The van der Waals surface area contributed by atoms with Crippen molar-refractivity contribution in [1.29, 1.82) is 0 Å². The Balaban J connectivity index is 2.52. The smallest absolute Gasteiger partial charge is 0.249 e. The lowest BCUT2D eigenvalue weighted by Gasteiger charge is -2.29. The summed E-state index contributed by atoms with van der Waals surface area (Å²) in [6.45, 7) is 13.0. The van der Waals surface area contributed by atoms with Crippen LogP contribution in [0, 0.1) is 12.8 Å². The molecule has 0 bridgehead atoms. The summed E-state index contributed by atoms with van der Waals surface area (Å²) in [5.41, 5.74) is 2.23. The zero-order valence-electron chi connectivity index (χ0n) is 14.9. The van der Waals surface area contributed by atoms with Gasteiger partial charge in [0.25, 0.3) is 0 Å². The molecule has 22 heavy (non-hydrogen) atoms. The number of ether oxygens (including phenoxy) is 1. The zero-order valence-corrected chi connectivity index (χ0v) is 14.9. The number of nitrogens with one attached hydrogen (secondary N) is 1. The number of hydrogen-bond acceptors (Lipinski definition) is 2. The average Bonchev–Trinajstić information content (AvgIpc) is 2.40. The fraction of sp³-hybridized carbons (Fsp3) is 0.632. The van der Waals surface area contributed by atoms with Crippen LogP contribution in [0.2, 0.25) is 0 Å². The Morgan fingerprint density at radius 2 is 1.86 bits per heavy atom. The molecule has 3 heteroatoms. The predicted octanol–water partition coefficient (Wildman–Crippen LogP) is 3.88. The monoisotopic (exact) mass is 305 g/mol. The first-order valence-electron chi connectivity index (χ1n) is 8.19. The highest BCUT2D eigenvalue weighted by Gasteiger charge is 2.24. The molecule has 1 rings (SSSR count). The molecular formula is C19H31NO2. The Morgan fingerprint density at radius 3 is 2.45 bits per heavy atom. The molecule has 0 radical (unpaired) electrons. The van der Waals surface area contributed by atoms with Crippen molar-refractivity contribution in [2.45, 2.75) is 66.0 Å². The summed E-state index contributed by atoms with van der Waals surface area (Å²) >= 11 is 0. The maximum absolute atomic E-state index is 12.3. The van der Waals surface area contributed by atoms with Crippen LogP contribution in [0.1, 0.15) is 52.2 Å². The van der Waals surface area contributed by atoms with Gasteiger partial charge in [0.15, 0.2) is 0 Å². The predicted molar refractivity (Wildman–Crippen MR) is 92.0 cm³/mol. The minimum atomic E-state index is -0.408. The highest BCUT2D eigenvalue weighted by molar-refractivity contribution is 5.81. The van der Waals surface area contributed by atoms with Crippen molar-refractivity contribution < 1.29 is 9.53 Å². The molecule has 1 amide bonds. The second kappa shape index (κ2) is 8.33. The van der Waals surface area contributed by atoms with E-state index in [1.165, 1.54) is 11.1 Å². The highest BCUT2D eigenvalue weighted by atomic mass is 16.5. The number of benzene rings is 1. The van der Waals surface area contributed by atoms with Crippen molar-refractivity contribution in [2.24, 2.45) is 5.92 Å². The minimum Gasteiger partial charge on any atom is -0.369 e. The van der Waals surface area contributed by atoms with E-state index in [2.05, 4.69) is 52.1 Å². The summed E-state index contributed by atoms with van der Waals surface area (Å²) in [7, 11) is 0. The van der Waals surface area contributed by atoms with Crippen LogP contribution >= 0.6 is 0 Å². The first-order valence-corrected chi connectivity index (χ1v) is 8.19. The molecule has 0 aliphatic rings. The van der Waals surface area contributed by atoms with Crippen LogP contribution in [0.5, 0.6) is 0 Å². The van der Waals surface area contributed by atoms with Crippen LogP contribution in [0.25, 0.3) is 0 Å². The van der Waals surface area contributed by atoms with Gasteiger partial charge in [0.05, 0.1) is 0 Å². The molecule has 0 spiro atoms. The second-order valence-corrected chi connectivity index (χ2v) is 7.17. The summed E-state index contributed by atoms with van der Waals surface area (Å²) in [6.07, 6.45) is 1.38. The third-order valence-corrected chi connectivity index (χ3v) is 3.79. The van der Waals surface area contributed by atoms with Crippen molar-refractivity contribution in [3.05, 3.63) is 35.4 Å². The summed E-state index contributed by atoms with van der Waals surface area (Å²) in [5, 5.41) is 3.11. The van der Waals surface area contributed by atoms with Crippen molar-refractivity contribution in [3.8, 4) is 0 Å². The van der Waals surface area contributed by atoms with E-state index in [9.17, 15) is 4.79 Å². The van der Waals surface area contributed by atoms with E-state index in [1.807, 2.05) is 19.1 Å². The van der Waals surface area contributed by atoms with Crippen LogP contribution < -0.4 is 5.32 Å². The largest absolute Gasteiger partial charge is 0.369 e. The lowest BCUT2D eigenvalue weighted by atomic mass is 9.92. The number of carbonyl (C=O) groups is 1. The van der Waals surface area contributed by atoms with E-state index in [1.54, 1.807) is 0 Å². The lowest BCUT2D eigenvalue weighted by molar-refractivity contribution is -0.133. The summed E-state index contributed by atoms with van der Waals surface area (Å²) in [6, 6.07) is 8.30. The number of aryl methyl sites for hydroxylation is 1. The van der Waals surface area contributed by atoms with Gasteiger partial charge in [-0.25, -0.2) is 0 Å². The van der Waals surface area contributed by atoms with Gasteiger partial charge in [-0.15, -0.1) is 0 Å². The molecule has 1 aromatic carbocycles. The molecule has 3 nitrogen and oxygen atoms in total. The third-order valence-electron chi connectivity index (χ3n) is 3.79. The van der Waals surface area contributed by atoms with Crippen molar-refractivity contribution >= 4 is 5.91 Å². The fourth-order valence-electron chi connectivity index (χ4n) is 2.32. The van der Waals surface area contributed by atoms with Gasteiger partial charge in [-0.2, -0.15) is 0 Å². The highest BCUT2D eigenvalue weighted by Crippen LogP contribution is 2.16. The van der Waals surface area contributed by atoms with Gasteiger partial charge in [0.2, 0.25) is 5.91 Å². The molecule has 0 aliphatic carbocycles. The topological polar surface area (TPSA) is 38.3 Å². The average molecular weight is 305 g/mol. The van der Waals surface area contributed by atoms with Crippen LogP contribution in [0.15, 0.2) is 24.3 Å². The Hall–Kier alpha value is -1.35. The molecule has 0 saturated heterocycles. The Bertz CT molecular complexity index is 480. The van der Waals surface area contributed by atoms with Crippen LogP contribution in [0.4, 0.5) is 0 Å². The number of hydrogen-bond donors (Lipinski definition) is 1. The van der Waals surface area contributed by atoms with E-state index in [4.69, 9.17) is 4.74 Å². The Labute approximate surface area is 135 Å². The molecule has 124 valence electrons. The van der Waals surface area contributed by atoms with Crippen molar-refractivity contribution in [1.82, 2.24) is 5.32 Å². The van der Waals surface area contributed by atoms with Crippen LogP contribution in [-0.2, 0) is 16.0 Å². The van der Waals surface area contributed by atoms with E-state index in [0.717, 1.165) is 12.8 Å². The summed E-state index contributed by atoms with van der Waals surface area (Å²) in [5.74, 6) is 0.551. The van der Waals surface area contributed by atoms with Crippen molar-refractivity contribution in [3.63, 3.8) is 0 Å². The standard InChI is InChI=1S/C19H31NO2/c1-14(2)11-12-22-16(4)18(21)20-19(5,6)13-17-10-8-7-9-15(17)3/h7-10,14,16H,11-13H2,1-6H3,(H,20,21). The maximum atomic E-state index is 12.3. The molecule has 0 aromatic heterocycles. The van der Waals surface area contributed by atoms with Crippen LogP contribution in [-0.4, -0.2) is 24.2 Å². The number of carbonyl (C=O) groups excluding carboxylic acids is 1. The fourth-order valence-corrected chi connectivity index (χ4v) is 2.32. The third kappa shape index (κ3) is 6.61. The molecule has 0 aliphatic heterocycles. The molecule has 1 N–H and O–H groups in total. The van der Waals surface area contributed by atoms with Gasteiger partial charge in [0, 0.05) is 12.1 Å². The molecule has 0 saturated carbocycles. The first-order chi connectivity index (χ1) is 10.2. The quantitative estimate of drug-likeness (QED) is 0.791. The molecule has 1 aromatic rings. The molecule has 1 atom stereocenters. The van der Waals surface area contributed by atoms with E-state index in [-0.39, 0.29) is 11.4 Å². The van der Waals surface area contributed by atoms with Crippen molar-refractivity contribution in [2.75, 3.05) is 6.61 Å². The number of amides is 1. The van der Waals surface area contributed by atoms with Crippen LogP contribution in [0.3, 0.4) is 0 Å². The van der Waals surface area contributed by atoms with E-state index in [0.29, 0.717) is 12.5 Å². The van der Waals surface area contributed by atoms with Gasteiger partial charge < -0.3 is 10.1 Å². The lowest BCUT2D eigenvalue weighted by Crippen LogP contribution is -2.49. The van der Waals surface area contributed by atoms with E-state index < -0.39 is 6.10 Å². The van der Waals surface area contributed by atoms with Gasteiger partial charge in [-0.05, 0) is 57.6 Å². The summed E-state index contributed by atoms with van der Waals surface area (Å²) < 4.78 is 5.62. The Kier molecular flexibility index (Phi) is 7.08. The second-order valence-electron chi connectivity index (χ2n) is 7.17.